The van der Waals surface area contributed by atoms with E-state index in [-0.39, 0.29) is 25.0 Å². The largest absolute Gasteiger partial charge is 0.464 e. The van der Waals surface area contributed by atoms with Gasteiger partial charge in [-0.15, -0.1) is 5.10 Å². The number of hydrazone groups is 1. The zero-order chi connectivity index (χ0) is 27.5. The maximum atomic E-state index is 13.6. The third-order valence-corrected chi connectivity index (χ3v) is 7.10. The number of halogens is 2. The van der Waals surface area contributed by atoms with Gasteiger partial charge < -0.3 is 4.74 Å². The van der Waals surface area contributed by atoms with Crippen LogP contribution in [-0.4, -0.2) is 39.2 Å². The van der Waals surface area contributed by atoms with Gasteiger partial charge in [0.1, 0.15) is 6.04 Å². The van der Waals surface area contributed by atoms with Crippen molar-refractivity contribution in [3.05, 3.63) is 116 Å². The molecule has 2 unspecified atom stereocenters. The van der Waals surface area contributed by atoms with Crippen LogP contribution in [0.1, 0.15) is 42.5 Å². The van der Waals surface area contributed by atoms with Gasteiger partial charge in [-0.1, -0.05) is 77.8 Å². The van der Waals surface area contributed by atoms with E-state index in [1.165, 1.54) is 9.25 Å². The van der Waals surface area contributed by atoms with Gasteiger partial charge >= 0.3 is 11.7 Å². The number of esters is 1. The molecule has 0 bridgehead atoms. The highest BCUT2D eigenvalue weighted by atomic mass is 35.5. The molecule has 1 aliphatic heterocycles. The van der Waals surface area contributed by atoms with Crippen molar-refractivity contribution in [3.63, 3.8) is 0 Å². The summed E-state index contributed by atoms with van der Waals surface area (Å²) in [5, 5.41) is 12.5. The molecule has 1 aromatic heterocycles. The number of hydrogen-bond acceptors (Lipinski definition) is 6. The van der Waals surface area contributed by atoms with Crippen molar-refractivity contribution in [1.29, 1.82) is 0 Å². The smallest absolute Gasteiger partial charge is 0.348 e. The number of carbonyl (C=O) groups is 1. The highest BCUT2D eigenvalue weighted by Crippen LogP contribution is 2.32. The molecule has 0 spiro atoms. The minimum Gasteiger partial charge on any atom is -0.464 e. The third-order valence-electron chi connectivity index (χ3n) is 6.60. The molecule has 0 fully saturated rings. The number of nitrogens with zero attached hydrogens (tertiary/aromatic N) is 5. The zero-order valence-electron chi connectivity index (χ0n) is 21.5. The van der Waals surface area contributed by atoms with Gasteiger partial charge in [-0.25, -0.2) is 23.8 Å². The van der Waals surface area contributed by atoms with Gasteiger partial charge in [-0.2, -0.15) is 5.10 Å². The van der Waals surface area contributed by atoms with Crippen LogP contribution in [0.25, 0.3) is 0 Å². The fraction of sp³-hybridized carbons (Fsp3) is 0.241. The molecule has 8 nitrogen and oxygen atoms in total. The van der Waals surface area contributed by atoms with Crippen LogP contribution in [0.2, 0.25) is 10.0 Å². The average Bonchev–Trinajstić information content (AvgIpc) is 3.52. The highest BCUT2D eigenvalue weighted by molar-refractivity contribution is 6.31. The molecular formula is C29H27Cl2N5O3. The molecule has 10 heteroatoms. The number of carbonyl (C=O) groups excluding carboxylic acids is 1. The van der Waals surface area contributed by atoms with E-state index < -0.39 is 17.7 Å². The van der Waals surface area contributed by atoms with Gasteiger partial charge in [0, 0.05) is 16.0 Å². The fourth-order valence-corrected chi connectivity index (χ4v) is 4.86. The van der Waals surface area contributed by atoms with Crippen LogP contribution < -0.4 is 10.7 Å². The normalized spacial score (nSPS) is 15.7. The Kier molecular flexibility index (Phi) is 7.86. The molecule has 1 aliphatic rings. The van der Waals surface area contributed by atoms with Gasteiger partial charge in [0.2, 0.25) is 5.95 Å². The van der Waals surface area contributed by atoms with E-state index in [1.807, 2.05) is 66.7 Å². The minimum atomic E-state index is -0.906. The molecule has 0 amide bonds. The van der Waals surface area contributed by atoms with Crippen molar-refractivity contribution in [2.75, 3.05) is 18.2 Å². The summed E-state index contributed by atoms with van der Waals surface area (Å²) in [6, 6.07) is 23.8. The highest BCUT2D eigenvalue weighted by Gasteiger charge is 2.35. The van der Waals surface area contributed by atoms with Gasteiger partial charge in [0.25, 0.3) is 0 Å². The predicted molar refractivity (Wildman–Crippen MR) is 153 cm³/mol. The summed E-state index contributed by atoms with van der Waals surface area (Å²) in [6.45, 7) is 4.19. The summed E-state index contributed by atoms with van der Waals surface area (Å²) >= 11 is 12.2. The van der Waals surface area contributed by atoms with E-state index >= 15 is 0 Å². The van der Waals surface area contributed by atoms with Crippen LogP contribution in [0.15, 0.2) is 88.8 Å². The lowest BCUT2D eigenvalue weighted by Gasteiger charge is -2.18. The maximum absolute atomic E-state index is 13.6. The number of rotatable bonds is 8. The third kappa shape index (κ3) is 5.62. The van der Waals surface area contributed by atoms with Crippen LogP contribution in [0.4, 0.5) is 5.95 Å². The van der Waals surface area contributed by atoms with Gasteiger partial charge in [-0.05, 0) is 54.8 Å². The first-order valence-electron chi connectivity index (χ1n) is 12.6. The van der Waals surface area contributed by atoms with Crippen molar-refractivity contribution < 1.29 is 9.53 Å². The summed E-state index contributed by atoms with van der Waals surface area (Å²) in [7, 11) is 0. The molecule has 0 N–H and O–H groups in total. The van der Waals surface area contributed by atoms with Crippen LogP contribution in [0.5, 0.6) is 0 Å². The maximum Gasteiger partial charge on any atom is 0.348 e. The molecule has 0 saturated carbocycles. The quantitative estimate of drug-likeness (QED) is 0.263. The number of aromatic nitrogens is 3. The van der Waals surface area contributed by atoms with Gasteiger partial charge in [-0.3, -0.25) is 0 Å². The monoisotopic (exact) mass is 563 g/mol. The SMILES string of the molecule is CCOC(=O)C(C)n1c(N2CC(c3ccccc3)C(c3ccc(Cl)cc3)=N2)nn(Cc2ccc(Cl)cc2)c1=O. The molecular weight excluding hydrogens is 537 g/mol. The van der Waals surface area contributed by atoms with Crippen LogP contribution in [0, 0.1) is 0 Å². The average molecular weight is 564 g/mol. The lowest BCUT2D eigenvalue weighted by molar-refractivity contribution is -0.146. The number of ether oxygens (including phenoxy) is 1. The molecule has 5 rings (SSSR count). The summed E-state index contributed by atoms with van der Waals surface area (Å²) < 4.78 is 7.93. The molecule has 2 atom stereocenters. The zero-order valence-corrected chi connectivity index (χ0v) is 23.0. The topological polar surface area (TPSA) is 81.7 Å². The Morgan fingerprint density at radius 1 is 1.00 bits per heavy atom. The van der Waals surface area contributed by atoms with E-state index in [2.05, 4.69) is 5.10 Å². The van der Waals surface area contributed by atoms with Crippen molar-refractivity contribution in [3.8, 4) is 0 Å². The van der Waals surface area contributed by atoms with Gasteiger partial charge in [0.05, 0.1) is 25.4 Å². The summed E-state index contributed by atoms with van der Waals surface area (Å²) in [5.41, 5.74) is 3.19. The second-order valence-corrected chi connectivity index (χ2v) is 10.1. The number of anilines is 1. The number of benzene rings is 3. The second-order valence-electron chi connectivity index (χ2n) is 9.20. The van der Waals surface area contributed by atoms with Gasteiger partial charge in [0.15, 0.2) is 0 Å². The van der Waals surface area contributed by atoms with Crippen LogP contribution >= 0.6 is 23.2 Å². The number of hydrogen-bond donors (Lipinski definition) is 0. The lowest BCUT2D eigenvalue weighted by atomic mass is 9.91. The Balaban J connectivity index is 1.60. The Morgan fingerprint density at radius 2 is 1.64 bits per heavy atom. The Hall–Kier alpha value is -3.88. The molecule has 200 valence electrons. The first-order valence-corrected chi connectivity index (χ1v) is 13.4. The fourth-order valence-electron chi connectivity index (χ4n) is 4.61. The minimum absolute atomic E-state index is 0.102. The molecule has 39 heavy (non-hydrogen) atoms. The van der Waals surface area contributed by atoms with Crippen molar-refractivity contribution in [2.24, 2.45) is 5.10 Å². The summed E-state index contributed by atoms with van der Waals surface area (Å²) in [6.07, 6.45) is 0. The molecule has 0 radical (unpaired) electrons. The summed E-state index contributed by atoms with van der Waals surface area (Å²) in [4.78, 5) is 26.4. The Bertz CT molecular complexity index is 1550. The molecule has 4 aromatic rings. The molecule has 0 saturated heterocycles. The summed E-state index contributed by atoms with van der Waals surface area (Å²) in [5.74, 6) is -0.359. The molecule has 0 aliphatic carbocycles. The second kappa shape index (κ2) is 11.5. The first kappa shape index (κ1) is 26.7. The van der Waals surface area contributed by atoms with Crippen molar-refractivity contribution in [1.82, 2.24) is 14.3 Å². The molecule has 2 heterocycles. The van der Waals surface area contributed by atoms with Crippen LogP contribution in [-0.2, 0) is 16.1 Å². The van der Waals surface area contributed by atoms with E-state index in [4.69, 9.17) is 33.0 Å². The van der Waals surface area contributed by atoms with E-state index in [9.17, 15) is 9.59 Å². The van der Waals surface area contributed by atoms with E-state index in [0.29, 0.717) is 16.6 Å². The predicted octanol–water partition coefficient (Wildman–Crippen LogP) is 5.53. The van der Waals surface area contributed by atoms with Crippen molar-refractivity contribution in [2.45, 2.75) is 32.4 Å². The van der Waals surface area contributed by atoms with E-state index in [0.717, 1.165) is 22.4 Å². The van der Waals surface area contributed by atoms with Crippen molar-refractivity contribution >= 4 is 40.8 Å². The first-order chi connectivity index (χ1) is 18.9. The van der Waals surface area contributed by atoms with Crippen LogP contribution in [0.3, 0.4) is 0 Å². The molecule has 3 aromatic carbocycles. The lowest BCUT2D eigenvalue weighted by Crippen LogP contribution is -2.33. The standard InChI is InChI=1S/C29H27Cl2N5O3/c1-3-39-27(37)19(2)36-28(33-35(29(36)38)17-20-9-13-23(30)14-10-20)34-18-25(21-7-5-4-6-8-21)26(32-34)22-11-15-24(31)16-12-22/h4-16,19,25H,3,17-18H2,1-2H3. The Labute approximate surface area is 236 Å². The Morgan fingerprint density at radius 3 is 2.28 bits per heavy atom. The van der Waals surface area contributed by atoms with E-state index in [1.54, 1.807) is 31.0 Å².